The van der Waals surface area contributed by atoms with E-state index in [1.807, 2.05) is 22.9 Å². The normalized spacial score (nSPS) is 17.9. The molecule has 3 heterocycles. The summed E-state index contributed by atoms with van der Waals surface area (Å²) in [4.78, 5) is 23.8. The van der Waals surface area contributed by atoms with E-state index in [4.69, 9.17) is 0 Å². The van der Waals surface area contributed by atoms with Gasteiger partial charge in [0.15, 0.2) is 0 Å². The monoisotopic (exact) mass is 343 g/mol. The maximum absolute atomic E-state index is 12.5. The third kappa shape index (κ3) is 4.37. The number of carbonyl (C=O) groups is 1. The first-order valence-electron chi connectivity index (χ1n) is 9.39. The van der Waals surface area contributed by atoms with Crippen LogP contribution in [-0.2, 0) is 4.79 Å². The Morgan fingerprint density at radius 2 is 2.12 bits per heavy atom. The third-order valence-electron chi connectivity index (χ3n) is 5.21. The fourth-order valence-corrected chi connectivity index (χ4v) is 3.59. The van der Waals surface area contributed by atoms with E-state index in [2.05, 4.69) is 41.0 Å². The molecule has 0 saturated carbocycles. The zero-order chi connectivity index (χ0) is 17.8. The molecule has 1 N–H and O–H groups in total. The minimum Gasteiger partial charge on any atom is -0.348 e. The second kappa shape index (κ2) is 7.95. The molecule has 0 radical (unpaired) electrons. The highest BCUT2D eigenvalue weighted by atomic mass is 16.1. The largest absolute Gasteiger partial charge is 0.348 e. The van der Waals surface area contributed by atoms with Gasteiger partial charge in [-0.25, -0.2) is 9.97 Å². The number of imidazole rings is 1. The molecule has 25 heavy (non-hydrogen) atoms. The zero-order valence-electron chi connectivity index (χ0n) is 15.5. The predicted octanol–water partition coefficient (Wildman–Crippen LogP) is 2.81. The number of nitrogens with one attached hydrogen (secondary N) is 1. The van der Waals surface area contributed by atoms with E-state index in [0.717, 1.165) is 38.0 Å². The Hall–Kier alpha value is -1.95. The fourth-order valence-electron chi connectivity index (χ4n) is 3.59. The van der Waals surface area contributed by atoms with Crippen molar-refractivity contribution in [1.82, 2.24) is 24.6 Å². The number of nitrogens with zero attached hydrogens (tertiary/aromatic N) is 4. The summed E-state index contributed by atoms with van der Waals surface area (Å²) in [6, 6.07) is 2.43. The lowest BCUT2D eigenvalue weighted by Crippen LogP contribution is -2.40. The second-order valence-corrected chi connectivity index (χ2v) is 7.30. The number of amides is 1. The lowest BCUT2D eigenvalue weighted by atomic mass is 9.92. The van der Waals surface area contributed by atoms with Gasteiger partial charge in [-0.15, -0.1) is 0 Å². The van der Waals surface area contributed by atoms with Gasteiger partial charge in [-0.2, -0.15) is 0 Å². The van der Waals surface area contributed by atoms with Crippen LogP contribution in [0.1, 0.15) is 58.2 Å². The summed E-state index contributed by atoms with van der Waals surface area (Å²) in [6.45, 7) is 8.75. The highest BCUT2D eigenvalue weighted by Gasteiger charge is 2.24. The molecule has 3 rings (SSSR count). The van der Waals surface area contributed by atoms with Crippen molar-refractivity contribution >= 4 is 11.7 Å². The van der Waals surface area contributed by atoms with Crippen molar-refractivity contribution in [2.24, 2.45) is 5.92 Å². The molecular formula is C19H29N5O. The standard InChI is InChI=1S/C19H29N5O/c1-4-16(17-13-24-9-5-8-20-19(24)22-17)21-18(25)12-15-6-10-23(11-7-15)14(2)3/h5,8-9,13-16H,4,6-7,10-12H2,1-3H3,(H,21,25)/t16-/m0/s1. The molecule has 2 aromatic heterocycles. The van der Waals surface area contributed by atoms with Gasteiger partial charge in [0.25, 0.3) is 0 Å². The van der Waals surface area contributed by atoms with Crippen LogP contribution in [0.15, 0.2) is 24.7 Å². The van der Waals surface area contributed by atoms with E-state index >= 15 is 0 Å². The van der Waals surface area contributed by atoms with Gasteiger partial charge in [0.05, 0.1) is 11.7 Å². The number of rotatable bonds is 6. The Morgan fingerprint density at radius 3 is 2.76 bits per heavy atom. The lowest BCUT2D eigenvalue weighted by Gasteiger charge is -2.34. The molecule has 6 heteroatoms. The first-order valence-corrected chi connectivity index (χ1v) is 9.39. The zero-order valence-corrected chi connectivity index (χ0v) is 15.5. The Bertz CT molecular complexity index is 670. The van der Waals surface area contributed by atoms with Crippen LogP contribution < -0.4 is 5.32 Å². The van der Waals surface area contributed by atoms with Gasteiger partial charge in [-0.1, -0.05) is 6.92 Å². The molecule has 0 aliphatic carbocycles. The molecule has 1 fully saturated rings. The summed E-state index contributed by atoms with van der Waals surface area (Å²) in [5.74, 6) is 1.31. The smallest absolute Gasteiger partial charge is 0.233 e. The number of hydrogen-bond donors (Lipinski definition) is 1. The molecule has 1 amide bonds. The van der Waals surface area contributed by atoms with Gasteiger partial charge in [-0.3, -0.25) is 9.20 Å². The number of likely N-dealkylation sites (tertiary alicyclic amines) is 1. The Kier molecular flexibility index (Phi) is 5.68. The maximum Gasteiger partial charge on any atom is 0.233 e. The first kappa shape index (κ1) is 17.9. The van der Waals surface area contributed by atoms with Gasteiger partial charge < -0.3 is 10.2 Å². The summed E-state index contributed by atoms with van der Waals surface area (Å²) >= 11 is 0. The van der Waals surface area contributed by atoms with Gasteiger partial charge >= 0.3 is 0 Å². The minimum atomic E-state index is -0.0510. The average molecular weight is 343 g/mol. The molecular weight excluding hydrogens is 314 g/mol. The average Bonchev–Trinajstić information content (AvgIpc) is 3.04. The van der Waals surface area contributed by atoms with Crippen molar-refractivity contribution in [2.45, 2.75) is 58.5 Å². The fraction of sp³-hybridized carbons (Fsp3) is 0.632. The van der Waals surface area contributed by atoms with Gasteiger partial charge in [-0.05, 0) is 58.2 Å². The van der Waals surface area contributed by atoms with E-state index in [1.54, 1.807) is 6.20 Å². The number of aromatic nitrogens is 3. The van der Waals surface area contributed by atoms with Crippen molar-refractivity contribution in [3.8, 4) is 0 Å². The van der Waals surface area contributed by atoms with Crippen molar-refractivity contribution in [3.63, 3.8) is 0 Å². The molecule has 0 bridgehead atoms. The van der Waals surface area contributed by atoms with Crippen LogP contribution in [0.4, 0.5) is 0 Å². The van der Waals surface area contributed by atoms with Crippen LogP contribution in [0.5, 0.6) is 0 Å². The summed E-state index contributed by atoms with van der Waals surface area (Å²) < 4.78 is 1.89. The Morgan fingerprint density at radius 1 is 1.36 bits per heavy atom. The second-order valence-electron chi connectivity index (χ2n) is 7.30. The number of piperidine rings is 1. The molecule has 1 aliphatic heterocycles. The highest BCUT2D eigenvalue weighted by Crippen LogP contribution is 2.23. The summed E-state index contributed by atoms with van der Waals surface area (Å²) in [6.07, 6.45) is 9.28. The summed E-state index contributed by atoms with van der Waals surface area (Å²) in [5, 5.41) is 3.17. The SMILES string of the molecule is CC[C@H](NC(=O)CC1CCN(C(C)C)CC1)c1cn2cccnc2n1. The Balaban J connectivity index is 1.55. The van der Waals surface area contributed by atoms with Gasteiger partial charge in [0.2, 0.25) is 11.7 Å². The van der Waals surface area contributed by atoms with Crippen LogP contribution in [0.25, 0.3) is 5.78 Å². The summed E-state index contributed by atoms with van der Waals surface area (Å²) in [7, 11) is 0. The third-order valence-corrected chi connectivity index (χ3v) is 5.21. The van der Waals surface area contributed by atoms with Crippen LogP contribution >= 0.6 is 0 Å². The van der Waals surface area contributed by atoms with Gasteiger partial charge in [0, 0.05) is 31.1 Å². The molecule has 6 nitrogen and oxygen atoms in total. The quantitative estimate of drug-likeness (QED) is 0.876. The number of fused-ring (bicyclic) bond motifs is 1. The van der Waals surface area contributed by atoms with E-state index < -0.39 is 0 Å². The first-order chi connectivity index (χ1) is 12.1. The van der Waals surface area contributed by atoms with E-state index in [0.29, 0.717) is 24.2 Å². The van der Waals surface area contributed by atoms with Crippen LogP contribution in [0.2, 0.25) is 0 Å². The van der Waals surface area contributed by atoms with Crippen LogP contribution in [0, 0.1) is 5.92 Å². The van der Waals surface area contributed by atoms with Crippen LogP contribution in [0.3, 0.4) is 0 Å². The highest BCUT2D eigenvalue weighted by molar-refractivity contribution is 5.76. The molecule has 0 unspecified atom stereocenters. The maximum atomic E-state index is 12.5. The minimum absolute atomic E-state index is 0.0510. The summed E-state index contributed by atoms with van der Waals surface area (Å²) in [5.41, 5.74) is 0.879. The molecule has 1 aliphatic rings. The lowest BCUT2D eigenvalue weighted by molar-refractivity contribution is -0.123. The van der Waals surface area contributed by atoms with Crippen molar-refractivity contribution in [3.05, 3.63) is 30.4 Å². The molecule has 136 valence electrons. The number of carbonyl (C=O) groups excluding carboxylic acids is 1. The Labute approximate surface area is 149 Å². The molecule has 0 spiro atoms. The van der Waals surface area contributed by atoms with Gasteiger partial charge in [0.1, 0.15) is 0 Å². The predicted molar refractivity (Wildman–Crippen MR) is 98.2 cm³/mol. The molecule has 2 aromatic rings. The van der Waals surface area contributed by atoms with Crippen molar-refractivity contribution in [2.75, 3.05) is 13.1 Å². The number of hydrogen-bond acceptors (Lipinski definition) is 4. The van der Waals surface area contributed by atoms with Crippen LogP contribution in [-0.4, -0.2) is 44.3 Å². The molecule has 0 aromatic carbocycles. The molecule has 1 atom stereocenters. The molecule has 1 saturated heterocycles. The topological polar surface area (TPSA) is 62.5 Å². The van der Waals surface area contributed by atoms with E-state index in [9.17, 15) is 4.79 Å². The van der Waals surface area contributed by atoms with E-state index in [1.165, 1.54) is 0 Å². The van der Waals surface area contributed by atoms with Crippen molar-refractivity contribution < 1.29 is 4.79 Å². The van der Waals surface area contributed by atoms with E-state index in [-0.39, 0.29) is 11.9 Å². The van der Waals surface area contributed by atoms with Crippen molar-refractivity contribution in [1.29, 1.82) is 0 Å².